The molecule has 1 unspecified atom stereocenters. The van der Waals surface area contributed by atoms with Gasteiger partial charge in [0.1, 0.15) is 0 Å². The van der Waals surface area contributed by atoms with Crippen LogP contribution in [0.4, 0.5) is 4.39 Å². The summed E-state index contributed by atoms with van der Waals surface area (Å²) in [6.07, 6.45) is 0.310. The van der Waals surface area contributed by atoms with Crippen molar-refractivity contribution in [2.45, 2.75) is 39.9 Å². The number of carbonyl (C=O) groups is 1. The Morgan fingerprint density at radius 1 is 1.64 bits per heavy atom. The molecule has 66 valence electrons. The van der Waals surface area contributed by atoms with Crippen LogP contribution < -0.4 is 5.32 Å². The first-order chi connectivity index (χ1) is 4.92. The summed E-state index contributed by atoms with van der Waals surface area (Å²) in [4.78, 5) is 10.6. The summed E-state index contributed by atoms with van der Waals surface area (Å²) < 4.78 is 13.6. The van der Waals surface area contributed by atoms with Crippen LogP contribution in [0.1, 0.15) is 34.1 Å². The van der Waals surface area contributed by atoms with Gasteiger partial charge in [-0.3, -0.25) is 4.79 Å². The third kappa shape index (κ3) is 2.87. The van der Waals surface area contributed by atoms with Crippen LogP contribution in [-0.4, -0.2) is 11.7 Å². The molecule has 0 aliphatic rings. The highest BCUT2D eigenvalue weighted by atomic mass is 19.1. The minimum Gasteiger partial charge on any atom is -0.324 e. The van der Waals surface area contributed by atoms with E-state index in [0.717, 1.165) is 0 Å². The number of halogens is 1. The number of amides is 1. The van der Waals surface area contributed by atoms with Crippen molar-refractivity contribution in [2.24, 2.45) is 5.92 Å². The topological polar surface area (TPSA) is 29.1 Å². The standard InChI is InChI=1S/C8H16FNO/c1-5-8(9,6(2)3)10-7(4)11/h6H,5H2,1-4H3,(H,10,11). The van der Waals surface area contributed by atoms with Gasteiger partial charge >= 0.3 is 0 Å². The molecule has 0 saturated heterocycles. The summed E-state index contributed by atoms with van der Waals surface area (Å²) in [5.41, 5.74) is 0. The molecule has 0 aliphatic heterocycles. The molecular weight excluding hydrogens is 145 g/mol. The fraction of sp³-hybridized carbons (Fsp3) is 0.875. The van der Waals surface area contributed by atoms with Crippen LogP contribution in [0.3, 0.4) is 0 Å². The minimum absolute atomic E-state index is 0.184. The van der Waals surface area contributed by atoms with E-state index in [2.05, 4.69) is 5.32 Å². The predicted molar refractivity (Wildman–Crippen MR) is 42.8 cm³/mol. The average Bonchev–Trinajstić information content (AvgIpc) is 1.86. The zero-order valence-corrected chi connectivity index (χ0v) is 7.57. The van der Waals surface area contributed by atoms with Gasteiger partial charge in [0.15, 0.2) is 5.79 Å². The van der Waals surface area contributed by atoms with E-state index in [1.54, 1.807) is 20.8 Å². The summed E-state index contributed by atoms with van der Waals surface area (Å²) in [5, 5.41) is 2.30. The number of nitrogens with one attached hydrogen (secondary N) is 1. The Morgan fingerprint density at radius 2 is 2.09 bits per heavy atom. The molecule has 0 aromatic rings. The Hall–Kier alpha value is -0.600. The van der Waals surface area contributed by atoms with Crippen LogP contribution in [0.2, 0.25) is 0 Å². The molecule has 11 heavy (non-hydrogen) atoms. The van der Waals surface area contributed by atoms with Crippen molar-refractivity contribution in [3.63, 3.8) is 0 Å². The third-order valence-corrected chi connectivity index (χ3v) is 1.81. The SMILES string of the molecule is CCC(F)(NC(C)=O)C(C)C. The molecule has 0 heterocycles. The molecule has 1 amide bonds. The highest BCUT2D eigenvalue weighted by Gasteiger charge is 2.31. The van der Waals surface area contributed by atoms with Gasteiger partial charge in [-0.05, 0) is 6.42 Å². The Balaban J connectivity index is 4.22. The third-order valence-electron chi connectivity index (χ3n) is 1.81. The number of hydrogen-bond acceptors (Lipinski definition) is 1. The van der Waals surface area contributed by atoms with Crippen molar-refractivity contribution in [1.82, 2.24) is 5.32 Å². The molecule has 0 fully saturated rings. The van der Waals surface area contributed by atoms with E-state index in [1.165, 1.54) is 6.92 Å². The minimum atomic E-state index is -1.54. The smallest absolute Gasteiger partial charge is 0.219 e. The number of rotatable bonds is 3. The molecule has 1 atom stereocenters. The van der Waals surface area contributed by atoms with Gasteiger partial charge in [0.05, 0.1) is 0 Å². The fourth-order valence-corrected chi connectivity index (χ4v) is 0.934. The van der Waals surface area contributed by atoms with Crippen LogP contribution in [0.5, 0.6) is 0 Å². The van der Waals surface area contributed by atoms with Gasteiger partial charge in [-0.1, -0.05) is 20.8 Å². The van der Waals surface area contributed by atoms with Gasteiger partial charge in [0.2, 0.25) is 5.91 Å². The maximum Gasteiger partial charge on any atom is 0.219 e. The summed E-state index contributed by atoms with van der Waals surface area (Å²) in [6.45, 7) is 6.54. The van der Waals surface area contributed by atoms with Crippen LogP contribution >= 0.6 is 0 Å². The molecule has 0 rings (SSSR count). The molecule has 3 heteroatoms. The molecule has 2 nitrogen and oxygen atoms in total. The molecule has 0 aliphatic carbocycles. The summed E-state index contributed by atoms with van der Waals surface area (Å²) in [5.74, 6) is -2.04. The summed E-state index contributed by atoms with van der Waals surface area (Å²) in [6, 6.07) is 0. The van der Waals surface area contributed by atoms with Crippen LogP contribution in [0.15, 0.2) is 0 Å². The summed E-state index contributed by atoms with van der Waals surface area (Å²) >= 11 is 0. The van der Waals surface area contributed by atoms with Crippen molar-refractivity contribution in [3.8, 4) is 0 Å². The number of alkyl halides is 1. The lowest BCUT2D eigenvalue weighted by Gasteiger charge is -2.28. The Morgan fingerprint density at radius 3 is 2.18 bits per heavy atom. The molecule has 0 aromatic heterocycles. The number of hydrogen-bond donors (Lipinski definition) is 1. The van der Waals surface area contributed by atoms with Gasteiger partial charge in [-0.25, -0.2) is 4.39 Å². The quantitative estimate of drug-likeness (QED) is 0.629. The van der Waals surface area contributed by atoms with Crippen molar-refractivity contribution in [3.05, 3.63) is 0 Å². The molecule has 0 saturated carbocycles. The van der Waals surface area contributed by atoms with Gasteiger partial charge < -0.3 is 5.32 Å². The molecule has 0 bridgehead atoms. The van der Waals surface area contributed by atoms with Crippen molar-refractivity contribution in [1.29, 1.82) is 0 Å². The monoisotopic (exact) mass is 161 g/mol. The summed E-state index contributed by atoms with van der Waals surface area (Å²) in [7, 11) is 0. The zero-order valence-electron chi connectivity index (χ0n) is 7.57. The van der Waals surface area contributed by atoms with Crippen molar-refractivity contribution in [2.75, 3.05) is 0 Å². The highest BCUT2D eigenvalue weighted by Crippen LogP contribution is 2.22. The second kappa shape index (κ2) is 3.69. The lowest BCUT2D eigenvalue weighted by atomic mass is 9.99. The van der Waals surface area contributed by atoms with Gasteiger partial charge in [-0.15, -0.1) is 0 Å². The Kier molecular flexibility index (Phi) is 3.49. The van der Waals surface area contributed by atoms with E-state index < -0.39 is 5.79 Å². The second-order valence-electron chi connectivity index (χ2n) is 3.05. The zero-order chi connectivity index (χ0) is 9.07. The lowest BCUT2D eigenvalue weighted by Crippen LogP contribution is -2.47. The van der Waals surface area contributed by atoms with Crippen LogP contribution in [0, 0.1) is 5.92 Å². The first-order valence-corrected chi connectivity index (χ1v) is 3.90. The Bertz CT molecular complexity index is 147. The van der Waals surface area contributed by atoms with Crippen molar-refractivity contribution < 1.29 is 9.18 Å². The van der Waals surface area contributed by atoms with E-state index >= 15 is 0 Å². The van der Waals surface area contributed by atoms with Gasteiger partial charge in [0.25, 0.3) is 0 Å². The van der Waals surface area contributed by atoms with Gasteiger partial charge in [0, 0.05) is 12.8 Å². The van der Waals surface area contributed by atoms with Crippen LogP contribution in [0.25, 0.3) is 0 Å². The van der Waals surface area contributed by atoms with E-state index in [-0.39, 0.29) is 11.8 Å². The first kappa shape index (κ1) is 10.4. The maximum atomic E-state index is 13.6. The van der Waals surface area contributed by atoms with Crippen molar-refractivity contribution >= 4 is 5.91 Å². The molecular formula is C8H16FNO. The van der Waals surface area contributed by atoms with E-state index in [0.29, 0.717) is 6.42 Å². The van der Waals surface area contributed by atoms with E-state index in [9.17, 15) is 9.18 Å². The normalized spacial score (nSPS) is 16.2. The van der Waals surface area contributed by atoms with E-state index in [1.807, 2.05) is 0 Å². The maximum absolute atomic E-state index is 13.6. The molecule has 0 spiro atoms. The van der Waals surface area contributed by atoms with Crippen LogP contribution in [-0.2, 0) is 4.79 Å². The Labute approximate surface area is 67.2 Å². The molecule has 0 aromatic carbocycles. The number of carbonyl (C=O) groups excluding carboxylic acids is 1. The lowest BCUT2D eigenvalue weighted by molar-refractivity contribution is -0.124. The predicted octanol–water partition coefficient (Wildman–Crippen LogP) is 1.85. The van der Waals surface area contributed by atoms with Gasteiger partial charge in [-0.2, -0.15) is 0 Å². The van der Waals surface area contributed by atoms with E-state index in [4.69, 9.17) is 0 Å². The fourth-order valence-electron chi connectivity index (χ4n) is 0.934. The largest absolute Gasteiger partial charge is 0.324 e. The molecule has 0 radical (unpaired) electrons. The first-order valence-electron chi connectivity index (χ1n) is 3.90. The average molecular weight is 161 g/mol. The highest BCUT2D eigenvalue weighted by molar-refractivity contribution is 5.73. The molecule has 1 N–H and O–H groups in total. The second-order valence-corrected chi connectivity index (χ2v) is 3.05.